The van der Waals surface area contributed by atoms with Gasteiger partial charge >= 0.3 is 0 Å². The topological polar surface area (TPSA) is 48.7 Å². The minimum Gasteiger partial charge on any atom is -0.357 e. The average molecular weight is 332 g/mol. The summed E-state index contributed by atoms with van der Waals surface area (Å²) in [5.74, 6) is 1.66. The number of aryl methyl sites for hydroxylation is 1. The van der Waals surface area contributed by atoms with Crippen LogP contribution in [0.1, 0.15) is 44.1 Å². The fraction of sp³-hybridized carbons (Fsp3) is 0.778. The maximum Gasteiger partial charge on any atom is 0.193 e. The molecule has 1 N–H and O–H groups in total. The molecule has 24 heavy (non-hydrogen) atoms. The molecular weight excluding hydrogens is 300 g/mol. The number of likely N-dealkylation sites (tertiary alicyclic amines) is 2. The van der Waals surface area contributed by atoms with Crippen molar-refractivity contribution in [1.29, 1.82) is 0 Å². The molecule has 0 radical (unpaired) electrons. The first-order valence-electron chi connectivity index (χ1n) is 9.50. The standard InChI is InChI=1S/C18H32N6/c1-3-19-18(20-8-12-23-9-5-4-6-10-23)24-11-7-16(15-24)17-13-21-22(2)14-17/h13-14,16H,3-12,15H2,1-2H3,(H,19,20). The summed E-state index contributed by atoms with van der Waals surface area (Å²) in [7, 11) is 1.99. The molecule has 1 aromatic rings. The summed E-state index contributed by atoms with van der Waals surface area (Å²) in [6.07, 6.45) is 9.43. The molecule has 2 aliphatic heterocycles. The van der Waals surface area contributed by atoms with E-state index in [1.165, 1.54) is 44.3 Å². The SMILES string of the molecule is CCNC(=NCCN1CCCCC1)N1CCC(c2cnn(C)c2)C1. The van der Waals surface area contributed by atoms with Crippen molar-refractivity contribution in [1.82, 2.24) is 24.9 Å². The van der Waals surface area contributed by atoms with Gasteiger partial charge in [-0.1, -0.05) is 6.42 Å². The van der Waals surface area contributed by atoms with Gasteiger partial charge < -0.3 is 15.1 Å². The number of aromatic nitrogens is 2. The van der Waals surface area contributed by atoms with Crippen molar-refractivity contribution in [3.8, 4) is 0 Å². The molecule has 134 valence electrons. The van der Waals surface area contributed by atoms with Crippen LogP contribution in [0.2, 0.25) is 0 Å². The number of piperidine rings is 1. The van der Waals surface area contributed by atoms with Crippen LogP contribution in [-0.4, -0.2) is 71.4 Å². The summed E-state index contributed by atoms with van der Waals surface area (Å²) in [6, 6.07) is 0. The Kier molecular flexibility index (Phi) is 6.12. The predicted octanol–water partition coefficient (Wildman–Crippen LogP) is 1.66. The second-order valence-corrected chi connectivity index (χ2v) is 7.02. The lowest BCUT2D eigenvalue weighted by Crippen LogP contribution is -2.40. The van der Waals surface area contributed by atoms with Crippen molar-refractivity contribution in [3.05, 3.63) is 18.0 Å². The van der Waals surface area contributed by atoms with Crippen LogP contribution in [0.3, 0.4) is 0 Å². The summed E-state index contributed by atoms with van der Waals surface area (Å²) in [5.41, 5.74) is 1.35. The number of rotatable bonds is 5. The Balaban J connectivity index is 1.53. The number of nitrogens with one attached hydrogen (secondary N) is 1. The third-order valence-corrected chi connectivity index (χ3v) is 5.15. The predicted molar refractivity (Wildman–Crippen MR) is 98.4 cm³/mol. The molecule has 2 saturated heterocycles. The third kappa shape index (κ3) is 4.50. The lowest BCUT2D eigenvalue weighted by Gasteiger charge is -2.26. The maximum atomic E-state index is 4.89. The minimum atomic E-state index is 0.574. The first-order chi connectivity index (χ1) is 11.8. The molecule has 6 heteroatoms. The summed E-state index contributed by atoms with van der Waals surface area (Å²) < 4.78 is 1.90. The molecule has 0 aliphatic carbocycles. The zero-order chi connectivity index (χ0) is 16.8. The number of nitrogens with zero attached hydrogens (tertiary/aromatic N) is 5. The van der Waals surface area contributed by atoms with Crippen LogP contribution < -0.4 is 5.32 Å². The van der Waals surface area contributed by atoms with E-state index >= 15 is 0 Å². The van der Waals surface area contributed by atoms with Gasteiger partial charge in [-0.2, -0.15) is 5.10 Å². The molecule has 0 bridgehead atoms. The number of hydrogen-bond acceptors (Lipinski definition) is 3. The number of guanidine groups is 1. The fourth-order valence-corrected chi connectivity index (χ4v) is 3.78. The van der Waals surface area contributed by atoms with E-state index in [9.17, 15) is 0 Å². The van der Waals surface area contributed by atoms with Crippen molar-refractivity contribution in [2.75, 3.05) is 45.8 Å². The lowest BCUT2D eigenvalue weighted by atomic mass is 10.0. The Morgan fingerprint density at radius 1 is 1.29 bits per heavy atom. The normalized spacial score (nSPS) is 23.0. The molecule has 0 spiro atoms. The fourth-order valence-electron chi connectivity index (χ4n) is 3.78. The largest absolute Gasteiger partial charge is 0.357 e. The molecule has 0 aromatic carbocycles. The quantitative estimate of drug-likeness (QED) is 0.658. The summed E-state index contributed by atoms with van der Waals surface area (Å²) in [4.78, 5) is 9.86. The van der Waals surface area contributed by atoms with Gasteiger partial charge in [-0.15, -0.1) is 0 Å². The van der Waals surface area contributed by atoms with Gasteiger partial charge in [0.05, 0.1) is 12.7 Å². The van der Waals surface area contributed by atoms with E-state index in [1.54, 1.807) is 0 Å². The molecule has 2 aliphatic rings. The second-order valence-electron chi connectivity index (χ2n) is 7.02. The van der Waals surface area contributed by atoms with E-state index in [-0.39, 0.29) is 0 Å². The molecule has 6 nitrogen and oxygen atoms in total. The highest BCUT2D eigenvalue weighted by molar-refractivity contribution is 5.80. The van der Waals surface area contributed by atoms with Crippen LogP contribution in [0.15, 0.2) is 17.4 Å². The number of aliphatic imine (C=N–C) groups is 1. The molecule has 1 atom stereocenters. The van der Waals surface area contributed by atoms with Gasteiger partial charge in [-0.3, -0.25) is 9.67 Å². The van der Waals surface area contributed by atoms with Gasteiger partial charge in [0.2, 0.25) is 0 Å². The Bertz CT molecular complexity index is 531. The summed E-state index contributed by atoms with van der Waals surface area (Å²) >= 11 is 0. The van der Waals surface area contributed by atoms with Crippen molar-refractivity contribution in [3.63, 3.8) is 0 Å². The molecule has 1 unspecified atom stereocenters. The van der Waals surface area contributed by atoms with Crippen LogP contribution in [-0.2, 0) is 7.05 Å². The van der Waals surface area contributed by atoms with Crippen LogP contribution in [0, 0.1) is 0 Å². The zero-order valence-electron chi connectivity index (χ0n) is 15.2. The summed E-state index contributed by atoms with van der Waals surface area (Å²) in [5, 5.41) is 7.79. The van der Waals surface area contributed by atoms with Gasteiger partial charge in [-0.25, -0.2) is 0 Å². The smallest absolute Gasteiger partial charge is 0.193 e. The van der Waals surface area contributed by atoms with Crippen LogP contribution in [0.5, 0.6) is 0 Å². The van der Waals surface area contributed by atoms with E-state index in [0.717, 1.165) is 38.7 Å². The van der Waals surface area contributed by atoms with Gasteiger partial charge in [0.25, 0.3) is 0 Å². The third-order valence-electron chi connectivity index (χ3n) is 5.15. The molecule has 3 rings (SSSR count). The van der Waals surface area contributed by atoms with Crippen molar-refractivity contribution >= 4 is 5.96 Å². The molecular formula is C18H32N6. The first-order valence-corrected chi connectivity index (χ1v) is 9.50. The van der Waals surface area contributed by atoms with Gasteiger partial charge in [0.15, 0.2) is 5.96 Å². The Hall–Kier alpha value is -1.56. The Labute approximate surface area is 145 Å². The summed E-state index contributed by atoms with van der Waals surface area (Å²) in [6.45, 7) is 9.69. The van der Waals surface area contributed by atoms with Gasteiger partial charge in [-0.05, 0) is 44.8 Å². The molecule has 1 aromatic heterocycles. The lowest BCUT2D eigenvalue weighted by molar-refractivity contribution is 0.235. The highest BCUT2D eigenvalue weighted by Crippen LogP contribution is 2.26. The van der Waals surface area contributed by atoms with Crippen molar-refractivity contribution in [2.24, 2.45) is 12.0 Å². The molecule has 3 heterocycles. The zero-order valence-corrected chi connectivity index (χ0v) is 15.2. The van der Waals surface area contributed by atoms with E-state index < -0.39 is 0 Å². The maximum absolute atomic E-state index is 4.89. The van der Waals surface area contributed by atoms with E-state index in [4.69, 9.17) is 4.99 Å². The molecule has 0 amide bonds. The van der Waals surface area contributed by atoms with Gasteiger partial charge in [0.1, 0.15) is 0 Å². The van der Waals surface area contributed by atoms with Gasteiger partial charge in [0, 0.05) is 45.3 Å². The van der Waals surface area contributed by atoms with E-state index in [2.05, 4.69) is 33.3 Å². The minimum absolute atomic E-state index is 0.574. The van der Waals surface area contributed by atoms with Crippen LogP contribution in [0.25, 0.3) is 0 Å². The second kappa shape index (κ2) is 8.51. The average Bonchev–Trinajstić information content (AvgIpc) is 3.24. The molecule has 2 fully saturated rings. The number of hydrogen-bond donors (Lipinski definition) is 1. The highest BCUT2D eigenvalue weighted by atomic mass is 15.3. The highest BCUT2D eigenvalue weighted by Gasteiger charge is 2.26. The van der Waals surface area contributed by atoms with Crippen LogP contribution in [0.4, 0.5) is 0 Å². The van der Waals surface area contributed by atoms with Crippen LogP contribution >= 0.6 is 0 Å². The molecule has 0 saturated carbocycles. The van der Waals surface area contributed by atoms with E-state index in [0.29, 0.717) is 5.92 Å². The van der Waals surface area contributed by atoms with Crippen molar-refractivity contribution in [2.45, 2.75) is 38.5 Å². The Morgan fingerprint density at radius 3 is 2.83 bits per heavy atom. The Morgan fingerprint density at radius 2 is 2.12 bits per heavy atom. The van der Waals surface area contributed by atoms with E-state index in [1.807, 2.05) is 17.9 Å². The monoisotopic (exact) mass is 332 g/mol. The first kappa shape index (κ1) is 17.3. The van der Waals surface area contributed by atoms with Crippen molar-refractivity contribution < 1.29 is 0 Å².